The Morgan fingerprint density at radius 3 is 2.18 bits per heavy atom. The summed E-state index contributed by atoms with van der Waals surface area (Å²) < 4.78 is 5.15. The number of hydrogen-bond acceptors (Lipinski definition) is 4. The number of nitrogens with one attached hydrogen (secondary N) is 1. The van der Waals surface area contributed by atoms with Crippen molar-refractivity contribution in [1.82, 2.24) is 0 Å². The number of rotatable bonds is 4. The summed E-state index contributed by atoms with van der Waals surface area (Å²) >= 11 is 0. The zero-order valence-electron chi connectivity index (χ0n) is 21.4. The summed E-state index contributed by atoms with van der Waals surface area (Å²) in [5.41, 5.74) is 9.93. The SMILES string of the molecule is Cc1cc(C(=O)C(C)(C)C)c(C)cc1C#CCNc1ccc(/C(N)=N\C(=O)OC(C)(C)C)cc1. The lowest BCUT2D eigenvalue weighted by Gasteiger charge is -2.19. The third kappa shape index (κ3) is 7.77. The van der Waals surface area contributed by atoms with E-state index in [0.717, 1.165) is 27.9 Å². The molecule has 180 valence electrons. The second-order valence-corrected chi connectivity index (χ2v) is 10.3. The Bertz CT molecular complexity index is 1150. The number of hydrogen-bond donors (Lipinski definition) is 2. The van der Waals surface area contributed by atoms with E-state index in [1.165, 1.54) is 0 Å². The van der Waals surface area contributed by atoms with Crippen molar-refractivity contribution < 1.29 is 14.3 Å². The van der Waals surface area contributed by atoms with Crippen LogP contribution in [0.5, 0.6) is 0 Å². The normalized spacial score (nSPS) is 11.9. The predicted octanol–water partition coefficient (Wildman–Crippen LogP) is 5.64. The first-order chi connectivity index (χ1) is 15.7. The van der Waals surface area contributed by atoms with E-state index in [0.29, 0.717) is 12.1 Å². The van der Waals surface area contributed by atoms with Gasteiger partial charge in [0.15, 0.2) is 5.78 Å². The van der Waals surface area contributed by atoms with Crippen LogP contribution in [-0.4, -0.2) is 29.9 Å². The zero-order chi connectivity index (χ0) is 25.7. The summed E-state index contributed by atoms with van der Waals surface area (Å²) in [4.78, 5) is 28.3. The van der Waals surface area contributed by atoms with Gasteiger partial charge in [-0.3, -0.25) is 4.79 Å². The fourth-order valence-electron chi connectivity index (χ4n) is 3.09. The molecule has 0 saturated carbocycles. The minimum absolute atomic E-state index is 0.0971. The number of amides is 1. The predicted molar refractivity (Wildman–Crippen MR) is 138 cm³/mol. The second-order valence-electron chi connectivity index (χ2n) is 10.3. The molecule has 0 fully saturated rings. The van der Waals surface area contributed by atoms with Crippen LogP contribution in [0.4, 0.5) is 10.5 Å². The summed E-state index contributed by atoms with van der Waals surface area (Å²) in [5.74, 6) is 6.54. The monoisotopic (exact) mass is 461 g/mol. The van der Waals surface area contributed by atoms with Crippen LogP contribution in [0, 0.1) is 31.1 Å². The molecule has 1 amide bonds. The smallest absolute Gasteiger partial charge is 0.436 e. The minimum Gasteiger partial charge on any atom is -0.442 e. The Hall–Kier alpha value is -3.59. The quantitative estimate of drug-likeness (QED) is 0.266. The van der Waals surface area contributed by atoms with Crippen molar-refractivity contribution in [3.63, 3.8) is 0 Å². The van der Waals surface area contributed by atoms with Crippen LogP contribution >= 0.6 is 0 Å². The number of nitrogens with two attached hydrogens (primary N) is 1. The van der Waals surface area contributed by atoms with Gasteiger partial charge in [0.05, 0.1) is 6.54 Å². The number of aryl methyl sites for hydroxylation is 2. The maximum atomic E-state index is 12.7. The lowest BCUT2D eigenvalue weighted by molar-refractivity contribution is 0.0604. The minimum atomic E-state index is -0.719. The summed E-state index contributed by atoms with van der Waals surface area (Å²) in [7, 11) is 0. The van der Waals surface area contributed by atoms with Crippen LogP contribution in [0.2, 0.25) is 0 Å². The van der Waals surface area contributed by atoms with Crippen LogP contribution in [-0.2, 0) is 4.74 Å². The van der Waals surface area contributed by atoms with Crippen LogP contribution in [0.25, 0.3) is 0 Å². The van der Waals surface area contributed by atoms with Gasteiger partial charge >= 0.3 is 6.09 Å². The van der Waals surface area contributed by atoms with Crippen molar-refractivity contribution in [2.45, 2.75) is 61.0 Å². The molecular formula is C28H35N3O3. The Kier molecular flexibility index (Phi) is 8.28. The van der Waals surface area contributed by atoms with Gasteiger partial charge in [-0.2, -0.15) is 4.99 Å². The number of benzene rings is 2. The Morgan fingerprint density at radius 2 is 1.62 bits per heavy atom. The number of anilines is 1. The number of ketones is 1. The summed E-state index contributed by atoms with van der Waals surface area (Å²) in [5, 5.41) is 3.24. The molecule has 6 heteroatoms. The molecule has 2 rings (SSSR count). The standard InChI is InChI=1S/C28H35N3O3/c1-18-17-23(24(32)27(3,4)5)19(2)16-21(18)10-9-15-30-22-13-11-20(12-14-22)25(29)31-26(33)34-28(6,7)8/h11-14,16-17,30H,15H2,1-8H3,(H2,29,31,33). The zero-order valence-corrected chi connectivity index (χ0v) is 21.4. The lowest BCUT2D eigenvalue weighted by Crippen LogP contribution is -2.24. The average Bonchev–Trinajstić information content (AvgIpc) is 2.71. The van der Waals surface area contributed by atoms with Gasteiger partial charge in [0.2, 0.25) is 0 Å². The van der Waals surface area contributed by atoms with Crippen LogP contribution in [0.1, 0.15) is 74.2 Å². The molecule has 0 radical (unpaired) electrons. The molecule has 0 bridgehead atoms. The van der Waals surface area contributed by atoms with Crippen molar-refractivity contribution in [1.29, 1.82) is 0 Å². The third-order valence-corrected chi connectivity index (χ3v) is 4.89. The number of nitrogens with zero attached hydrogens (tertiary/aromatic N) is 1. The van der Waals surface area contributed by atoms with Gasteiger partial charge in [0, 0.05) is 27.8 Å². The Balaban J connectivity index is 2.02. The molecule has 6 nitrogen and oxygen atoms in total. The number of aliphatic imine (C=N–C) groups is 1. The Morgan fingerprint density at radius 1 is 1.00 bits per heavy atom. The lowest BCUT2D eigenvalue weighted by atomic mass is 9.83. The molecule has 0 heterocycles. The molecule has 3 N–H and O–H groups in total. The van der Waals surface area contributed by atoms with E-state index in [2.05, 4.69) is 22.2 Å². The molecule has 0 spiro atoms. The number of amidine groups is 1. The molecule has 0 aliphatic heterocycles. The van der Waals surface area contributed by atoms with Gasteiger partial charge in [-0.25, -0.2) is 4.79 Å². The summed E-state index contributed by atoms with van der Waals surface area (Å²) in [6.45, 7) is 15.5. The van der Waals surface area contributed by atoms with E-state index in [9.17, 15) is 9.59 Å². The highest BCUT2D eigenvalue weighted by atomic mass is 16.6. The van der Waals surface area contributed by atoms with E-state index in [4.69, 9.17) is 10.5 Å². The van der Waals surface area contributed by atoms with Gasteiger partial charge in [-0.15, -0.1) is 0 Å². The van der Waals surface area contributed by atoms with Crippen molar-refractivity contribution >= 4 is 23.4 Å². The third-order valence-electron chi connectivity index (χ3n) is 4.89. The molecule has 0 saturated heterocycles. The maximum Gasteiger partial charge on any atom is 0.436 e. The van der Waals surface area contributed by atoms with Gasteiger partial charge in [0.25, 0.3) is 0 Å². The van der Waals surface area contributed by atoms with Crippen LogP contribution < -0.4 is 11.1 Å². The van der Waals surface area contributed by atoms with Gasteiger partial charge in [-0.1, -0.05) is 32.6 Å². The van der Waals surface area contributed by atoms with E-state index < -0.39 is 17.1 Å². The Labute approximate surface area is 203 Å². The van der Waals surface area contributed by atoms with Crippen LogP contribution in [0.3, 0.4) is 0 Å². The van der Waals surface area contributed by atoms with E-state index in [-0.39, 0.29) is 11.6 Å². The summed E-state index contributed by atoms with van der Waals surface area (Å²) in [6, 6.07) is 11.1. The molecule has 0 atom stereocenters. The molecule has 34 heavy (non-hydrogen) atoms. The first kappa shape index (κ1) is 26.7. The highest BCUT2D eigenvalue weighted by molar-refractivity contribution is 6.03. The highest BCUT2D eigenvalue weighted by Gasteiger charge is 2.24. The van der Waals surface area contributed by atoms with E-state index in [1.54, 1.807) is 32.9 Å². The van der Waals surface area contributed by atoms with Crippen molar-refractivity contribution in [3.8, 4) is 11.8 Å². The molecule has 0 aromatic heterocycles. The molecule has 2 aromatic rings. The molecule has 0 unspecified atom stereocenters. The molecule has 2 aromatic carbocycles. The average molecular weight is 462 g/mol. The molecule has 0 aliphatic rings. The second kappa shape index (κ2) is 10.6. The van der Waals surface area contributed by atoms with Crippen molar-refractivity contribution in [2.75, 3.05) is 11.9 Å². The van der Waals surface area contributed by atoms with Crippen molar-refractivity contribution in [2.24, 2.45) is 16.1 Å². The highest BCUT2D eigenvalue weighted by Crippen LogP contribution is 2.25. The van der Waals surface area contributed by atoms with Crippen molar-refractivity contribution in [3.05, 3.63) is 64.2 Å². The number of carbonyl (C=O) groups excluding carboxylic acids is 2. The maximum absolute atomic E-state index is 12.7. The molecular weight excluding hydrogens is 426 g/mol. The largest absolute Gasteiger partial charge is 0.442 e. The summed E-state index contributed by atoms with van der Waals surface area (Å²) in [6.07, 6.45) is -0.719. The first-order valence-electron chi connectivity index (χ1n) is 11.2. The van der Waals surface area contributed by atoms with E-state index >= 15 is 0 Å². The topological polar surface area (TPSA) is 93.8 Å². The van der Waals surface area contributed by atoms with Gasteiger partial charge < -0.3 is 15.8 Å². The van der Waals surface area contributed by atoms with Gasteiger partial charge in [-0.05, 0) is 82.1 Å². The van der Waals surface area contributed by atoms with Gasteiger partial charge in [0.1, 0.15) is 11.4 Å². The fraction of sp³-hybridized carbons (Fsp3) is 0.393. The molecule has 0 aliphatic carbocycles. The van der Waals surface area contributed by atoms with Crippen LogP contribution in [0.15, 0.2) is 41.4 Å². The fourth-order valence-corrected chi connectivity index (χ4v) is 3.09. The number of carbonyl (C=O) groups is 2. The van der Waals surface area contributed by atoms with E-state index in [1.807, 2.05) is 58.9 Å². The number of Topliss-reactive ketones (excluding diaryl/α,β-unsaturated/α-hetero) is 1. The first-order valence-corrected chi connectivity index (χ1v) is 11.2. The number of ether oxygens (including phenoxy) is 1.